The van der Waals surface area contributed by atoms with Gasteiger partial charge in [-0.05, 0) is 29.9 Å². The predicted molar refractivity (Wildman–Crippen MR) is 72.6 cm³/mol. The third kappa shape index (κ3) is 2.57. The molecule has 100 valence electrons. The van der Waals surface area contributed by atoms with Crippen molar-refractivity contribution in [1.82, 2.24) is 4.90 Å². The number of likely N-dealkylation sites (tertiary alicyclic amines) is 1. The predicted octanol–water partition coefficient (Wildman–Crippen LogP) is 2.91. The summed E-state index contributed by atoms with van der Waals surface area (Å²) >= 11 is 0. The van der Waals surface area contributed by atoms with Crippen LogP contribution in [0.4, 0.5) is 4.39 Å². The minimum atomic E-state index is -0.122. The quantitative estimate of drug-likeness (QED) is 0.870. The van der Waals surface area contributed by atoms with Gasteiger partial charge < -0.3 is 5.73 Å². The Bertz CT molecular complexity index is 405. The minimum absolute atomic E-state index is 0.122. The van der Waals surface area contributed by atoms with Crippen molar-refractivity contribution in [3.63, 3.8) is 0 Å². The molecule has 0 spiro atoms. The fourth-order valence-electron chi connectivity index (χ4n) is 2.80. The Labute approximate surface area is 109 Å². The molecule has 1 aliphatic heterocycles. The Hall–Kier alpha value is -0.930. The summed E-state index contributed by atoms with van der Waals surface area (Å²) in [6, 6.07) is 5.35. The van der Waals surface area contributed by atoms with E-state index in [9.17, 15) is 4.39 Å². The number of halogens is 1. The van der Waals surface area contributed by atoms with E-state index in [2.05, 4.69) is 18.7 Å². The monoisotopic (exact) mass is 250 g/mol. The van der Waals surface area contributed by atoms with Crippen molar-refractivity contribution in [1.29, 1.82) is 0 Å². The molecule has 0 amide bonds. The fraction of sp³-hybridized carbons (Fsp3) is 0.600. The van der Waals surface area contributed by atoms with Crippen LogP contribution in [0.1, 0.15) is 37.8 Å². The zero-order valence-electron chi connectivity index (χ0n) is 11.4. The summed E-state index contributed by atoms with van der Waals surface area (Å²) < 4.78 is 13.8. The molecular weight excluding hydrogens is 227 g/mol. The molecule has 0 aromatic heterocycles. The highest BCUT2D eigenvalue weighted by molar-refractivity contribution is 5.24. The van der Waals surface area contributed by atoms with E-state index >= 15 is 0 Å². The first-order chi connectivity index (χ1) is 8.62. The van der Waals surface area contributed by atoms with E-state index in [0.717, 1.165) is 30.8 Å². The van der Waals surface area contributed by atoms with E-state index in [1.165, 1.54) is 12.8 Å². The van der Waals surface area contributed by atoms with Gasteiger partial charge >= 0.3 is 0 Å². The Morgan fingerprint density at radius 2 is 1.94 bits per heavy atom. The minimum Gasteiger partial charge on any atom is -0.326 e. The zero-order chi connectivity index (χ0) is 13.2. The van der Waals surface area contributed by atoms with E-state index in [-0.39, 0.29) is 5.82 Å². The van der Waals surface area contributed by atoms with Crippen LogP contribution >= 0.6 is 0 Å². The second kappa shape index (κ2) is 5.37. The van der Waals surface area contributed by atoms with Crippen molar-refractivity contribution in [3.05, 3.63) is 35.1 Å². The van der Waals surface area contributed by atoms with E-state index in [1.54, 1.807) is 6.07 Å². The molecule has 0 unspecified atom stereocenters. The molecule has 1 aromatic rings. The first-order valence-electron chi connectivity index (χ1n) is 6.82. The average Bonchev–Trinajstić information content (AvgIpc) is 2.35. The molecule has 1 aromatic carbocycles. The van der Waals surface area contributed by atoms with E-state index in [1.807, 2.05) is 12.1 Å². The van der Waals surface area contributed by atoms with Gasteiger partial charge in [0.05, 0.1) is 0 Å². The van der Waals surface area contributed by atoms with Crippen LogP contribution in [0.3, 0.4) is 0 Å². The lowest BCUT2D eigenvalue weighted by atomic mass is 9.75. The molecule has 0 aliphatic carbocycles. The lowest BCUT2D eigenvalue weighted by molar-refractivity contribution is -0.0126. The maximum atomic E-state index is 13.8. The molecule has 2 rings (SSSR count). The molecule has 0 bridgehead atoms. The third-order valence-corrected chi connectivity index (χ3v) is 4.37. The third-order valence-electron chi connectivity index (χ3n) is 4.37. The van der Waals surface area contributed by atoms with Gasteiger partial charge in [0, 0.05) is 31.7 Å². The van der Waals surface area contributed by atoms with Gasteiger partial charge in [0.1, 0.15) is 5.82 Å². The maximum Gasteiger partial charge on any atom is 0.128 e. The Morgan fingerprint density at radius 3 is 2.44 bits per heavy atom. The standard InChI is InChI=1S/C15H23FN2/c1-3-15(4-2)10-18(11-15)9-13-6-5-12(8-17)7-14(13)16/h5-7H,3-4,8-11,17H2,1-2H3. The summed E-state index contributed by atoms with van der Waals surface area (Å²) in [6.07, 6.45) is 2.43. The summed E-state index contributed by atoms with van der Waals surface area (Å²) in [5.41, 5.74) is 7.62. The molecule has 1 heterocycles. The van der Waals surface area contributed by atoms with Gasteiger partial charge in [-0.2, -0.15) is 0 Å². The van der Waals surface area contributed by atoms with Crippen molar-refractivity contribution in [3.8, 4) is 0 Å². The molecule has 0 radical (unpaired) electrons. The maximum absolute atomic E-state index is 13.8. The number of hydrogen-bond acceptors (Lipinski definition) is 2. The van der Waals surface area contributed by atoms with Gasteiger partial charge in [-0.3, -0.25) is 4.90 Å². The molecule has 3 heteroatoms. The molecule has 2 N–H and O–H groups in total. The second-order valence-electron chi connectivity index (χ2n) is 5.48. The normalized spacial score (nSPS) is 18.7. The number of benzene rings is 1. The van der Waals surface area contributed by atoms with E-state index in [0.29, 0.717) is 12.0 Å². The number of nitrogens with two attached hydrogens (primary N) is 1. The molecule has 0 saturated carbocycles. The van der Waals surface area contributed by atoms with Crippen LogP contribution < -0.4 is 5.73 Å². The summed E-state index contributed by atoms with van der Waals surface area (Å²) in [7, 11) is 0. The van der Waals surface area contributed by atoms with Crippen LogP contribution in [0.25, 0.3) is 0 Å². The SMILES string of the molecule is CCC1(CC)CN(Cc2ccc(CN)cc2F)C1. The van der Waals surface area contributed by atoms with Gasteiger partial charge in [-0.25, -0.2) is 4.39 Å². The van der Waals surface area contributed by atoms with Gasteiger partial charge in [0.15, 0.2) is 0 Å². The van der Waals surface area contributed by atoms with Crippen LogP contribution in [-0.2, 0) is 13.1 Å². The molecule has 1 fully saturated rings. The van der Waals surface area contributed by atoms with Crippen LogP contribution in [0.2, 0.25) is 0 Å². The van der Waals surface area contributed by atoms with Crippen molar-refractivity contribution in [2.75, 3.05) is 13.1 Å². The number of nitrogens with zero attached hydrogens (tertiary/aromatic N) is 1. The Balaban J connectivity index is 1.96. The van der Waals surface area contributed by atoms with Crippen LogP contribution in [0.5, 0.6) is 0 Å². The largest absolute Gasteiger partial charge is 0.326 e. The fourth-order valence-corrected chi connectivity index (χ4v) is 2.80. The van der Waals surface area contributed by atoms with Crippen LogP contribution in [0.15, 0.2) is 18.2 Å². The number of hydrogen-bond donors (Lipinski definition) is 1. The lowest BCUT2D eigenvalue weighted by Gasteiger charge is -2.50. The smallest absolute Gasteiger partial charge is 0.128 e. The Morgan fingerprint density at radius 1 is 1.28 bits per heavy atom. The van der Waals surface area contributed by atoms with Crippen molar-refractivity contribution in [2.24, 2.45) is 11.1 Å². The van der Waals surface area contributed by atoms with Gasteiger partial charge in [-0.15, -0.1) is 0 Å². The molecule has 18 heavy (non-hydrogen) atoms. The number of rotatable bonds is 5. The summed E-state index contributed by atoms with van der Waals surface area (Å²) in [5.74, 6) is -0.122. The summed E-state index contributed by atoms with van der Waals surface area (Å²) in [6.45, 7) is 7.80. The van der Waals surface area contributed by atoms with Gasteiger partial charge in [0.25, 0.3) is 0 Å². The molecule has 0 atom stereocenters. The van der Waals surface area contributed by atoms with Gasteiger partial charge in [-0.1, -0.05) is 26.0 Å². The van der Waals surface area contributed by atoms with Crippen LogP contribution in [-0.4, -0.2) is 18.0 Å². The molecule has 1 saturated heterocycles. The lowest BCUT2D eigenvalue weighted by Crippen LogP contribution is -2.55. The zero-order valence-corrected chi connectivity index (χ0v) is 11.4. The van der Waals surface area contributed by atoms with E-state index in [4.69, 9.17) is 5.73 Å². The first kappa shape index (κ1) is 13.5. The van der Waals surface area contributed by atoms with E-state index < -0.39 is 0 Å². The highest BCUT2D eigenvalue weighted by atomic mass is 19.1. The second-order valence-corrected chi connectivity index (χ2v) is 5.48. The van der Waals surface area contributed by atoms with Crippen molar-refractivity contribution < 1.29 is 4.39 Å². The Kier molecular flexibility index (Phi) is 4.03. The van der Waals surface area contributed by atoms with Gasteiger partial charge in [0.2, 0.25) is 0 Å². The summed E-state index contributed by atoms with van der Waals surface area (Å²) in [4.78, 5) is 2.33. The highest BCUT2D eigenvalue weighted by Gasteiger charge is 2.39. The molecular formula is C15H23FN2. The van der Waals surface area contributed by atoms with Crippen molar-refractivity contribution in [2.45, 2.75) is 39.8 Å². The van der Waals surface area contributed by atoms with Crippen LogP contribution in [0, 0.1) is 11.2 Å². The molecule has 1 aliphatic rings. The molecule has 2 nitrogen and oxygen atoms in total. The topological polar surface area (TPSA) is 29.3 Å². The summed E-state index contributed by atoms with van der Waals surface area (Å²) in [5, 5.41) is 0. The average molecular weight is 250 g/mol. The highest BCUT2D eigenvalue weighted by Crippen LogP contribution is 2.37. The first-order valence-corrected chi connectivity index (χ1v) is 6.82. The van der Waals surface area contributed by atoms with Crippen molar-refractivity contribution >= 4 is 0 Å².